The maximum Gasteiger partial charge on any atom is 0.119 e. The number of hydrogen-bond acceptors (Lipinski definition) is 4. The molecule has 122 valence electrons. The van der Waals surface area contributed by atoms with Gasteiger partial charge in [-0.15, -0.1) is 0 Å². The largest absolute Gasteiger partial charge is 0.494 e. The molecule has 1 aromatic heterocycles. The first-order valence-corrected chi connectivity index (χ1v) is 8.28. The summed E-state index contributed by atoms with van der Waals surface area (Å²) in [4.78, 5) is 6.38. The predicted molar refractivity (Wildman–Crippen MR) is 90.4 cm³/mol. The fourth-order valence-electron chi connectivity index (χ4n) is 3.14. The number of benzene rings is 1. The van der Waals surface area contributed by atoms with Gasteiger partial charge in [0.25, 0.3) is 0 Å². The minimum Gasteiger partial charge on any atom is -0.494 e. The molecule has 0 amide bonds. The van der Waals surface area contributed by atoms with Crippen LogP contribution in [0.15, 0.2) is 54.9 Å². The van der Waals surface area contributed by atoms with E-state index in [0.29, 0.717) is 12.5 Å². The van der Waals surface area contributed by atoms with Gasteiger partial charge in [-0.2, -0.15) is 0 Å². The average Bonchev–Trinajstić information content (AvgIpc) is 2.93. The molecule has 4 nitrogen and oxygen atoms in total. The number of nitrogens with zero attached hydrogens (tertiary/aromatic N) is 2. The zero-order valence-electron chi connectivity index (χ0n) is 13.3. The van der Waals surface area contributed by atoms with Crippen molar-refractivity contribution >= 4 is 0 Å². The summed E-state index contributed by atoms with van der Waals surface area (Å²) < 4.78 is 5.72. The van der Waals surface area contributed by atoms with Crippen molar-refractivity contribution in [1.82, 2.24) is 9.88 Å². The smallest absolute Gasteiger partial charge is 0.119 e. The molecule has 1 fully saturated rings. The van der Waals surface area contributed by atoms with Crippen LogP contribution in [0, 0.1) is 5.92 Å². The number of aliphatic hydroxyl groups excluding tert-OH is 1. The average molecular weight is 312 g/mol. The quantitative estimate of drug-likeness (QED) is 0.797. The highest BCUT2D eigenvalue weighted by molar-refractivity contribution is 5.20. The van der Waals surface area contributed by atoms with Crippen molar-refractivity contribution in [2.45, 2.75) is 18.9 Å². The molecule has 1 N–H and O–H groups in total. The molecule has 1 aliphatic heterocycles. The first-order chi connectivity index (χ1) is 11.3. The van der Waals surface area contributed by atoms with E-state index in [0.717, 1.165) is 38.2 Å². The number of likely N-dealkylation sites (tertiary alicyclic amines) is 1. The molecule has 2 heterocycles. The van der Waals surface area contributed by atoms with Gasteiger partial charge >= 0.3 is 0 Å². The third-order valence-electron chi connectivity index (χ3n) is 4.36. The van der Waals surface area contributed by atoms with E-state index in [4.69, 9.17) is 4.74 Å². The molecule has 1 aromatic carbocycles. The molecule has 4 heteroatoms. The van der Waals surface area contributed by atoms with Crippen molar-refractivity contribution in [2.24, 2.45) is 5.92 Å². The summed E-state index contributed by atoms with van der Waals surface area (Å²) in [5.41, 5.74) is 1.25. The highest BCUT2D eigenvalue weighted by Gasteiger charge is 2.30. The van der Waals surface area contributed by atoms with Crippen molar-refractivity contribution in [2.75, 3.05) is 26.2 Å². The maximum atomic E-state index is 10.3. The second-order valence-corrected chi connectivity index (χ2v) is 6.16. The van der Waals surface area contributed by atoms with Crippen LogP contribution >= 0.6 is 0 Å². The molecular weight excluding hydrogens is 288 g/mol. The highest BCUT2D eigenvalue weighted by Crippen LogP contribution is 2.21. The molecule has 0 unspecified atom stereocenters. The molecule has 2 aromatic rings. The molecule has 0 aliphatic carbocycles. The minimum atomic E-state index is -0.238. The van der Waals surface area contributed by atoms with Crippen molar-refractivity contribution in [3.8, 4) is 5.75 Å². The number of aromatic nitrogens is 1. The number of para-hydroxylation sites is 1. The summed E-state index contributed by atoms with van der Waals surface area (Å²) in [6.45, 7) is 3.40. The lowest BCUT2D eigenvalue weighted by Gasteiger charge is -2.15. The highest BCUT2D eigenvalue weighted by atomic mass is 16.5. The Morgan fingerprint density at radius 1 is 1.09 bits per heavy atom. The van der Waals surface area contributed by atoms with E-state index in [1.807, 2.05) is 54.9 Å². The summed E-state index contributed by atoms with van der Waals surface area (Å²) in [6, 6.07) is 14.0. The van der Waals surface area contributed by atoms with Crippen molar-refractivity contribution < 1.29 is 9.84 Å². The first kappa shape index (κ1) is 16.0. The Labute approximate surface area is 137 Å². The number of ether oxygens (including phenoxy) is 1. The van der Waals surface area contributed by atoms with Gasteiger partial charge in [-0.05, 0) is 42.7 Å². The molecule has 0 radical (unpaired) electrons. The molecule has 1 aliphatic rings. The summed E-state index contributed by atoms with van der Waals surface area (Å²) in [6.07, 6.45) is 5.29. The number of hydrogen-bond donors (Lipinski definition) is 1. The molecule has 0 bridgehead atoms. The van der Waals surface area contributed by atoms with Crippen LogP contribution in [0.5, 0.6) is 5.75 Å². The van der Waals surface area contributed by atoms with Crippen LogP contribution in [0.1, 0.15) is 12.0 Å². The third-order valence-corrected chi connectivity index (χ3v) is 4.36. The van der Waals surface area contributed by atoms with E-state index >= 15 is 0 Å². The number of β-amino-alcohol motifs (C(OH)–C–C–N with tert-alkyl or cyclic N) is 1. The Kier molecular flexibility index (Phi) is 5.61. The van der Waals surface area contributed by atoms with E-state index in [1.54, 1.807) is 0 Å². The summed E-state index contributed by atoms with van der Waals surface area (Å²) in [5.74, 6) is 1.23. The van der Waals surface area contributed by atoms with Gasteiger partial charge in [-0.1, -0.05) is 18.2 Å². The van der Waals surface area contributed by atoms with E-state index < -0.39 is 0 Å². The normalized spacial score (nSPS) is 21.4. The van der Waals surface area contributed by atoms with Gasteiger partial charge in [0, 0.05) is 37.9 Å². The predicted octanol–water partition coefficient (Wildman–Crippen LogP) is 2.39. The van der Waals surface area contributed by atoms with Crippen molar-refractivity contribution in [1.29, 1.82) is 0 Å². The lowest BCUT2D eigenvalue weighted by molar-refractivity contribution is 0.140. The van der Waals surface area contributed by atoms with Gasteiger partial charge in [0.05, 0.1) is 12.7 Å². The Hall–Kier alpha value is -1.91. The zero-order valence-corrected chi connectivity index (χ0v) is 13.3. The maximum absolute atomic E-state index is 10.3. The fraction of sp³-hybridized carbons (Fsp3) is 0.421. The third kappa shape index (κ3) is 4.78. The van der Waals surface area contributed by atoms with Crippen LogP contribution in [-0.4, -0.2) is 47.3 Å². The van der Waals surface area contributed by atoms with Gasteiger partial charge in [-0.3, -0.25) is 4.98 Å². The van der Waals surface area contributed by atoms with Crippen LogP contribution in [0.3, 0.4) is 0 Å². The molecule has 3 rings (SSSR count). The van der Waals surface area contributed by atoms with E-state index in [2.05, 4.69) is 9.88 Å². The van der Waals surface area contributed by atoms with Gasteiger partial charge in [0.2, 0.25) is 0 Å². The summed E-state index contributed by atoms with van der Waals surface area (Å²) in [7, 11) is 0. The molecule has 23 heavy (non-hydrogen) atoms. The Bertz CT molecular complexity index is 576. The molecule has 1 saturated heterocycles. The van der Waals surface area contributed by atoms with E-state index in [9.17, 15) is 5.11 Å². The summed E-state index contributed by atoms with van der Waals surface area (Å²) >= 11 is 0. The van der Waals surface area contributed by atoms with Crippen LogP contribution in [0.4, 0.5) is 0 Å². The standard InChI is InChI=1S/C19H24N2O2/c22-19-15-21(11-4-12-23-18-5-2-1-3-6-18)14-17(19)13-16-7-9-20-10-8-16/h1-3,5-10,17,19,22H,4,11-15H2/t17-,19+/m1/s1. The lowest BCUT2D eigenvalue weighted by Crippen LogP contribution is -2.24. The minimum absolute atomic E-state index is 0.238. The second kappa shape index (κ2) is 8.09. The van der Waals surface area contributed by atoms with Gasteiger partial charge in [-0.25, -0.2) is 0 Å². The number of rotatable bonds is 7. The monoisotopic (exact) mass is 312 g/mol. The Balaban J connectivity index is 1.38. The van der Waals surface area contributed by atoms with Crippen molar-refractivity contribution in [3.05, 3.63) is 60.4 Å². The second-order valence-electron chi connectivity index (χ2n) is 6.16. The number of aliphatic hydroxyl groups is 1. The molecular formula is C19H24N2O2. The Morgan fingerprint density at radius 3 is 2.65 bits per heavy atom. The van der Waals surface area contributed by atoms with Crippen LogP contribution < -0.4 is 4.74 Å². The van der Waals surface area contributed by atoms with Crippen LogP contribution in [0.2, 0.25) is 0 Å². The molecule has 0 spiro atoms. The fourth-order valence-corrected chi connectivity index (χ4v) is 3.14. The lowest BCUT2D eigenvalue weighted by atomic mass is 9.97. The topological polar surface area (TPSA) is 45.6 Å². The van der Waals surface area contributed by atoms with Crippen LogP contribution in [0.25, 0.3) is 0 Å². The molecule has 2 atom stereocenters. The van der Waals surface area contributed by atoms with E-state index in [-0.39, 0.29) is 6.10 Å². The van der Waals surface area contributed by atoms with Gasteiger partial charge < -0.3 is 14.7 Å². The van der Waals surface area contributed by atoms with Gasteiger partial charge in [0.1, 0.15) is 5.75 Å². The Morgan fingerprint density at radius 2 is 1.87 bits per heavy atom. The van der Waals surface area contributed by atoms with Crippen molar-refractivity contribution in [3.63, 3.8) is 0 Å². The molecule has 0 saturated carbocycles. The van der Waals surface area contributed by atoms with E-state index in [1.165, 1.54) is 5.56 Å². The van der Waals surface area contributed by atoms with Gasteiger partial charge in [0.15, 0.2) is 0 Å². The number of pyridine rings is 1. The zero-order chi connectivity index (χ0) is 15.9. The SMILES string of the molecule is O[C@H]1CN(CCCOc2ccccc2)C[C@H]1Cc1ccncc1. The first-order valence-electron chi connectivity index (χ1n) is 8.28. The van der Waals surface area contributed by atoms with Crippen LogP contribution in [-0.2, 0) is 6.42 Å². The summed E-state index contributed by atoms with van der Waals surface area (Å²) in [5, 5.41) is 10.3.